The van der Waals surface area contributed by atoms with Crippen LogP contribution >= 0.6 is 0 Å². The summed E-state index contributed by atoms with van der Waals surface area (Å²) in [6.45, 7) is 7.52. The molecular weight excluding hydrogens is 352 g/mol. The van der Waals surface area contributed by atoms with Crippen molar-refractivity contribution in [2.75, 3.05) is 36.4 Å². The third kappa shape index (κ3) is 3.89. The van der Waals surface area contributed by atoms with Crippen molar-refractivity contribution in [1.82, 2.24) is 19.9 Å². The summed E-state index contributed by atoms with van der Waals surface area (Å²) in [5.41, 5.74) is 3.09. The number of nitrogens with zero attached hydrogens (tertiary/aromatic N) is 5. The normalized spacial score (nSPS) is 20.5. The van der Waals surface area contributed by atoms with Crippen molar-refractivity contribution in [3.63, 3.8) is 0 Å². The maximum atomic E-state index is 11.1. The second-order valence-corrected chi connectivity index (χ2v) is 7.44. The Morgan fingerprint density at radius 3 is 2.64 bits per heavy atom. The zero-order chi connectivity index (χ0) is 19.5. The van der Waals surface area contributed by atoms with Crippen LogP contribution in [0.2, 0.25) is 0 Å². The largest absolute Gasteiger partial charge is 0.338 e. The van der Waals surface area contributed by atoms with Gasteiger partial charge in [0.1, 0.15) is 0 Å². The minimum Gasteiger partial charge on any atom is -0.338 e. The molecular formula is C21H26N6O. The van der Waals surface area contributed by atoms with Crippen molar-refractivity contribution in [2.45, 2.75) is 32.2 Å². The first-order valence-electron chi connectivity index (χ1n) is 9.82. The van der Waals surface area contributed by atoms with E-state index in [2.05, 4.69) is 55.2 Å². The molecule has 2 atom stereocenters. The van der Waals surface area contributed by atoms with Gasteiger partial charge in [-0.25, -0.2) is 9.97 Å². The van der Waals surface area contributed by atoms with E-state index in [4.69, 9.17) is 0 Å². The molecule has 28 heavy (non-hydrogen) atoms. The standard InChI is InChI=1S/C21H26N6O/c1-15(19-7-3-5-17-6-4-8-22-20(17)19)26-9-11-27(12-10-26)21-23-13-18(14-24-21)25-16(2)28/h3-6,8,13-15,19H,7,9-12H2,1-2H3,(H,25,28). The summed E-state index contributed by atoms with van der Waals surface area (Å²) in [4.78, 5) is 29.3. The molecule has 1 fully saturated rings. The van der Waals surface area contributed by atoms with Gasteiger partial charge in [-0.15, -0.1) is 0 Å². The van der Waals surface area contributed by atoms with E-state index in [9.17, 15) is 4.79 Å². The number of hydrogen-bond donors (Lipinski definition) is 1. The highest BCUT2D eigenvalue weighted by Crippen LogP contribution is 2.33. The summed E-state index contributed by atoms with van der Waals surface area (Å²) in [6, 6.07) is 4.59. The SMILES string of the molecule is CC(=O)Nc1cnc(N2CCN(C(C)C3CC=Cc4cccnc43)CC2)nc1. The topological polar surface area (TPSA) is 74.2 Å². The van der Waals surface area contributed by atoms with E-state index in [1.54, 1.807) is 12.4 Å². The molecule has 2 aliphatic rings. The number of carbonyl (C=O) groups excluding carboxylic acids is 1. The molecule has 0 aromatic carbocycles. The van der Waals surface area contributed by atoms with Crippen LogP contribution in [0.4, 0.5) is 11.6 Å². The highest BCUT2D eigenvalue weighted by Gasteiger charge is 2.30. The molecule has 7 nitrogen and oxygen atoms in total. The monoisotopic (exact) mass is 378 g/mol. The van der Waals surface area contributed by atoms with Crippen molar-refractivity contribution in [1.29, 1.82) is 0 Å². The third-order valence-electron chi connectivity index (χ3n) is 5.62. The van der Waals surface area contributed by atoms with Crippen molar-refractivity contribution in [2.24, 2.45) is 0 Å². The molecule has 2 unspecified atom stereocenters. The molecule has 1 N–H and O–H groups in total. The molecule has 0 saturated carbocycles. The van der Waals surface area contributed by atoms with Crippen LogP contribution in [0.1, 0.15) is 37.4 Å². The molecule has 2 aromatic rings. The summed E-state index contributed by atoms with van der Waals surface area (Å²) in [5, 5.41) is 2.70. The van der Waals surface area contributed by atoms with Gasteiger partial charge in [0, 0.05) is 51.3 Å². The van der Waals surface area contributed by atoms with Crippen LogP contribution in [0.5, 0.6) is 0 Å². The van der Waals surface area contributed by atoms with Gasteiger partial charge in [-0.1, -0.05) is 18.2 Å². The predicted molar refractivity (Wildman–Crippen MR) is 110 cm³/mol. The molecule has 2 aromatic heterocycles. The summed E-state index contributed by atoms with van der Waals surface area (Å²) >= 11 is 0. The first kappa shape index (κ1) is 18.6. The fourth-order valence-electron chi connectivity index (χ4n) is 4.10. The lowest BCUT2D eigenvalue weighted by Crippen LogP contribution is -2.51. The van der Waals surface area contributed by atoms with E-state index in [1.807, 2.05) is 12.3 Å². The van der Waals surface area contributed by atoms with Gasteiger partial charge in [0.15, 0.2) is 0 Å². The number of aromatic nitrogens is 3. The predicted octanol–water partition coefficient (Wildman–Crippen LogP) is 2.54. The molecule has 0 radical (unpaired) electrons. The van der Waals surface area contributed by atoms with Crippen molar-refractivity contribution in [3.8, 4) is 0 Å². The molecule has 146 valence electrons. The number of fused-ring (bicyclic) bond motifs is 1. The van der Waals surface area contributed by atoms with Gasteiger partial charge in [0.05, 0.1) is 23.8 Å². The van der Waals surface area contributed by atoms with Crippen LogP contribution in [0.25, 0.3) is 6.08 Å². The van der Waals surface area contributed by atoms with E-state index < -0.39 is 0 Å². The van der Waals surface area contributed by atoms with Crippen LogP contribution in [0, 0.1) is 0 Å². The highest BCUT2D eigenvalue weighted by atomic mass is 16.1. The number of nitrogens with one attached hydrogen (secondary N) is 1. The number of piperazine rings is 1. The van der Waals surface area contributed by atoms with Gasteiger partial charge in [-0.3, -0.25) is 14.7 Å². The maximum Gasteiger partial charge on any atom is 0.225 e. The second-order valence-electron chi connectivity index (χ2n) is 7.44. The van der Waals surface area contributed by atoms with E-state index >= 15 is 0 Å². The number of allylic oxidation sites excluding steroid dienone is 1. The molecule has 1 amide bonds. The van der Waals surface area contributed by atoms with E-state index in [-0.39, 0.29) is 5.91 Å². The van der Waals surface area contributed by atoms with Gasteiger partial charge < -0.3 is 10.2 Å². The first-order valence-corrected chi connectivity index (χ1v) is 9.82. The van der Waals surface area contributed by atoms with E-state index in [0.29, 0.717) is 23.6 Å². The average molecular weight is 378 g/mol. The van der Waals surface area contributed by atoms with Crippen molar-refractivity contribution < 1.29 is 4.79 Å². The number of anilines is 2. The Kier molecular flexibility index (Phi) is 5.34. The summed E-state index contributed by atoms with van der Waals surface area (Å²) in [5.74, 6) is 1.03. The van der Waals surface area contributed by atoms with Gasteiger partial charge in [-0.2, -0.15) is 0 Å². The summed E-state index contributed by atoms with van der Waals surface area (Å²) < 4.78 is 0. The summed E-state index contributed by atoms with van der Waals surface area (Å²) in [6.07, 6.45) is 10.7. The minimum atomic E-state index is -0.118. The molecule has 1 aliphatic carbocycles. The molecule has 0 bridgehead atoms. The number of amides is 1. The molecule has 7 heteroatoms. The van der Waals surface area contributed by atoms with Crippen LogP contribution in [0.15, 0.2) is 36.8 Å². The lowest BCUT2D eigenvalue weighted by molar-refractivity contribution is -0.114. The number of carbonyl (C=O) groups is 1. The number of rotatable bonds is 4. The van der Waals surface area contributed by atoms with E-state index in [1.165, 1.54) is 18.2 Å². The number of pyridine rings is 1. The molecule has 1 saturated heterocycles. The van der Waals surface area contributed by atoms with E-state index in [0.717, 1.165) is 32.6 Å². The van der Waals surface area contributed by atoms with Crippen LogP contribution < -0.4 is 10.2 Å². The van der Waals surface area contributed by atoms with Crippen molar-refractivity contribution >= 4 is 23.6 Å². The molecule has 1 aliphatic heterocycles. The van der Waals surface area contributed by atoms with Crippen LogP contribution in [-0.2, 0) is 4.79 Å². The van der Waals surface area contributed by atoms with Gasteiger partial charge in [-0.05, 0) is 25.0 Å². The second kappa shape index (κ2) is 8.06. The van der Waals surface area contributed by atoms with Crippen LogP contribution in [-0.4, -0.2) is 58.0 Å². The van der Waals surface area contributed by atoms with Crippen molar-refractivity contribution in [3.05, 3.63) is 48.1 Å². The lowest BCUT2D eigenvalue weighted by Gasteiger charge is -2.41. The zero-order valence-electron chi connectivity index (χ0n) is 16.4. The summed E-state index contributed by atoms with van der Waals surface area (Å²) in [7, 11) is 0. The minimum absolute atomic E-state index is 0.118. The number of hydrogen-bond acceptors (Lipinski definition) is 6. The molecule has 3 heterocycles. The van der Waals surface area contributed by atoms with Gasteiger partial charge in [0.2, 0.25) is 11.9 Å². The Labute approximate surface area is 165 Å². The fraction of sp³-hybridized carbons (Fsp3) is 0.429. The van der Waals surface area contributed by atoms with Gasteiger partial charge in [0.25, 0.3) is 0 Å². The Balaban J connectivity index is 1.38. The Morgan fingerprint density at radius 1 is 1.18 bits per heavy atom. The lowest BCUT2D eigenvalue weighted by atomic mass is 9.85. The first-order chi connectivity index (χ1) is 13.6. The smallest absolute Gasteiger partial charge is 0.225 e. The fourth-order valence-corrected chi connectivity index (χ4v) is 4.10. The highest BCUT2D eigenvalue weighted by molar-refractivity contribution is 5.88. The van der Waals surface area contributed by atoms with Crippen LogP contribution in [0.3, 0.4) is 0 Å². The molecule has 0 spiro atoms. The zero-order valence-corrected chi connectivity index (χ0v) is 16.4. The quantitative estimate of drug-likeness (QED) is 0.881. The molecule has 4 rings (SSSR count). The Bertz CT molecular complexity index is 857. The maximum absolute atomic E-state index is 11.1. The average Bonchev–Trinajstić information content (AvgIpc) is 2.73. The Morgan fingerprint density at radius 2 is 1.93 bits per heavy atom. The van der Waals surface area contributed by atoms with Gasteiger partial charge >= 0.3 is 0 Å². The third-order valence-corrected chi connectivity index (χ3v) is 5.62. The Hall–Kier alpha value is -2.80.